The van der Waals surface area contributed by atoms with Crippen molar-refractivity contribution in [3.63, 3.8) is 0 Å². The molecule has 0 bridgehead atoms. The van der Waals surface area contributed by atoms with Crippen molar-refractivity contribution in [1.82, 2.24) is 9.88 Å². The second-order valence-electron chi connectivity index (χ2n) is 7.76. The summed E-state index contributed by atoms with van der Waals surface area (Å²) < 4.78 is 5.15. The van der Waals surface area contributed by atoms with Gasteiger partial charge in [-0.05, 0) is 57.2 Å². The number of aromatic amines is 1. The predicted octanol–water partition coefficient (Wildman–Crippen LogP) is 4.45. The first-order valence-corrected chi connectivity index (χ1v) is 10.1. The molecular formula is C23H30N2O3. The maximum absolute atomic E-state index is 13.1. The molecule has 1 aliphatic rings. The number of hydrogen-bond acceptors (Lipinski definition) is 3. The van der Waals surface area contributed by atoms with E-state index in [1.54, 1.807) is 6.92 Å². The van der Waals surface area contributed by atoms with Crippen LogP contribution in [0.3, 0.4) is 0 Å². The van der Waals surface area contributed by atoms with E-state index in [9.17, 15) is 9.59 Å². The second-order valence-corrected chi connectivity index (χ2v) is 7.76. The first-order valence-electron chi connectivity index (χ1n) is 10.1. The molecule has 0 aliphatic heterocycles. The van der Waals surface area contributed by atoms with E-state index in [2.05, 4.69) is 36.2 Å². The fraction of sp³-hybridized carbons (Fsp3) is 0.478. The van der Waals surface area contributed by atoms with E-state index in [0.717, 1.165) is 41.6 Å². The monoisotopic (exact) mass is 382 g/mol. The average molecular weight is 383 g/mol. The van der Waals surface area contributed by atoms with Crippen molar-refractivity contribution in [1.29, 1.82) is 0 Å². The van der Waals surface area contributed by atoms with Crippen LogP contribution in [0, 0.1) is 26.7 Å². The van der Waals surface area contributed by atoms with Gasteiger partial charge in [-0.3, -0.25) is 4.79 Å². The number of nitrogens with one attached hydrogen (secondary N) is 1. The maximum atomic E-state index is 13.1. The Morgan fingerprint density at radius 3 is 2.36 bits per heavy atom. The highest BCUT2D eigenvalue weighted by Crippen LogP contribution is 2.30. The van der Waals surface area contributed by atoms with Crippen LogP contribution < -0.4 is 0 Å². The predicted molar refractivity (Wildman–Crippen MR) is 109 cm³/mol. The number of H-pyrrole nitrogens is 1. The van der Waals surface area contributed by atoms with Gasteiger partial charge in [-0.15, -0.1) is 0 Å². The number of carbonyl (C=O) groups is 2. The van der Waals surface area contributed by atoms with E-state index >= 15 is 0 Å². The molecule has 1 aromatic heterocycles. The SMILES string of the molecule is CCOC(=O)c1[nH]c(C)c(CN(Cc2ccc(C)cc2)C(=O)C2CCC2)c1C. The molecule has 1 amide bonds. The summed E-state index contributed by atoms with van der Waals surface area (Å²) in [5.41, 5.74) is 5.59. The molecule has 1 fully saturated rings. The van der Waals surface area contributed by atoms with Gasteiger partial charge in [0, 0.05) is 24.7 Å². The summed E-state index contributed by atoms with van der Waals surface area (Å²) in [5.74, 6) is 0.00351. The topological polar surface area (TPSA) is 62.4 Å². The number of benzene rings is 1. The molecule has 0 atom stereocenters. The number of hydrogen-bond donors (Lipinski definition) is 1. The number of amides is 1. The van der Waals surface area contributed by atoms with Crippen molar-refractivity contribution in [2.75, 3.05) is 6.61 Å². The van der Waals surface area contributed by atoms with Crippen molar-refractivity contribution < 1.29 is 14.3 Å². The van der Waals surface area contributed by atoms with Crippen LogP contribution in [0.4, 0.5) is 0 Å². The molecule has 1 N–H and O–H groups in total. The van der Waals surface area contributed by atoms with E-state index in [-0.39, 0.29) is 17.8 Å². The summed E-state index contributed by atoms with van der Waals surface area (Å²) >= 11 is 0. The molecule has 5 heteroatoms. The summed E-state index contributed by atoms with van der Waals surface area (Å²) in [6.07, 6.45) is 3.08. The standard InChI is InChI=1S/C23H30N2O3/c1-5-28-23(27)21-16(3)20(17(4)24-21)14-25(22(26)19-7-6-8-19)13-18-11-9-15(2)10-12-18/h9-12,19,24H,5-8,13-14H2,1-4H3. The lowest BCUT2D eigenvalue weighted by Gasteiger charge is -2.32. The Labute approximate surface area is 167 Å². The fourth-order valence-electron chi connectivity index (χ4n) is 3.66. The Hall–Kier alpha value is -2.56. The van der Waals surface area contributed by atoms with Crippen LogP contribution >= 0.6 is 0 Å². The lowest BCUT2D eigenvalue weighted by atomic mass is 9.84. The van der Waals surface area contributed by atoms with Gasteiger partial charge in [0.15, 0.2) is 0 Å². The highest BCUT2D eigenvalue weighted by Gasteiger charge is 2.30. The Kier molecular flexibility index (Phi) is 6.22. The number of aryl methyl sites for hydroxylation is 2. The van der Waals surface area contributed by atoms with E-state index < -0.39 is 0 Å². The van der Waals surface area contributed by atoms with Crippen LogP contribution in [0.25, 0.3) is 0 Å². The molecule has 1 heterocycles. The minimum absolute atomic E-state index is 0.134. The van der Waals surface area contributed by atoms with Crippen molar-refractivity contribution in [2.45, 2.75) is 60.0 Å². The minimum atomic E-state index is -0.343. The van der Waals surface area contributed by atoms with Crippen molar-refractivity contribution >= 4 is 11.9 Å². The molecule has 28 heavy (non-hydrogen) atoms. The van der Waals surface area contributed by atoms with Gasteiger partial charge in [0.05, 0.1) is 6.61 Å². The molecular weight excluding hydrogens is 352 g/mol. The van der Waals surface area contributed by atoms with Crippen LogP contribution in [-0.4, -0.2) is 28.4 Å². The molecule has 1 aromatic carbocycles. The molecule has 0 radical (unpaired) electrons. The summed E-state index contributed by atoms with van der Waals surface area (Å²) in [4.78, 5) is 30.4. The third kappa shape index (κ3) is 4.29. The largest absolute Gasteiger partial charge is 0.461 e. The smallest absolute Gasteiger partial charge is 0.355 e. The molecule has 0 saturated heterocycles. The van der Waals surface area contributed by atoms with Crippen LogP contribution in [0.1, 0.15) is 64.6 Å². The second kappa shape index (κ2) is 8.63. The molecule has 2 aromatic rings. The average Bonchev–Trinajstić information content (AvgIpc) is 2.89. The molecule has 150 valence electrons. The van der Waals surface area contributed by atoms with Gasteiger partial charge in [0.2, 0.25) is 5.91 Å². The van der Waals surface area contributed by atoms with Crippen LogP contribution in [0.5, 0.6) is 0 Å². The van der Waals surface area contributed by atoms with Crippen LogP contribution in [0.15, 0.2) is 24.3 Å². The van der Waals surface area contributed by atoms with Gasteiger partial charge in [-0.2, -0.15) is 0 Å². The van der Waals surface area contributed by atoms with E-state index in [0.29, 0.717) is 25.4 Å². The van der Waals surface area contributed by atoms with E-state index in [1.165, 1.54) is 5.56 Å². The zero-order valence-electron chi connectivity index (χ0n) is 17.3. The van der Waals surface area contributed by atoms with Crippen LogP contribution in [0.2, 0.25) is 0 Å². The number of carbonyl (C=O) groups excluding carboxylic acids is 2. The Morgan fingerprint density at radius 2 is 1.79 bits per heavy atom. The van der Waals surface area contributed by atoms with Crippen LogP contribution in [-0.2, 0) is 22.6 Å². The lowest BCUT2D eigenvalue weighted by Crippen LogP contribution is -2.38. The van der Waals surface area contributed by atoms with Gasteiger partial charge >= 0.3 is 5.97 Å². The van der Waals surface area contributed by atoms with Gasteiger partial charge in [0.1, 0.15) is 5.69 Å². The van der Waals surface area contributed by atoms with E-state index in [4.69, 9.17) is 4.74 Å². The highest BCUT2D eigenvalue weighted by atomic mass is 16.5. The van der Waals surface area contributed by atoms with Crippen molar-refractivity contribution in [3.05, 3.63) is 57.9 Å². The molecule has 0 unspecified atom stereocenters. The fourth-order valence-corrected chi connectivity index (χ4v) is 3.66. The number of rotatable bonds is 7. The van der Waals surface area contributed by atoms with Gasteiger partial charge in [-0.25, -0.2) is 4.79 Å². The molecule has 0 spiro atoms. The van der Waals surface area contributed by atoms with Gasteiger partial charge in [0.25, 0.3) is 0 Å². The quantitative estimate of drug-likeness (QED) is 0.720. The third-order valence-corrected chi connectivity index (χ3v) is 5.68. The first kappa shape index (κ1) is 20.2. The summed E-state index contributed by atoms with van der Waals surface area (Å²) in [5, 5.41) is 0. The summed E-state index contributed by atoms with van der Waals surface area (Å²) in [6, 6.07) is 8.31. The number of ether oxygens (including phenoxy) is 1. The van der Waals surface area contributed by atoms with Gasteiger partial charge in [-0.1, -0.05) is 36.2 Å². The summed E-state index contributed by atoms with van der Waals surface area (Å²) in [7, 11) is 0. The maximum Gasteiger partial charge on any atom is 0.355 e. The molecule has 1 aliphatic carbocycles. The van der Waals surface area contributed by atoms with Gasteiger partial charge < -0.3 is 14.6 Å². The number of aromatic nitrogens is 1. The van der Waals surface area contributed by atoms with Crippen molar-refractivity contribution in [2.24, 2.45) is 5.92 Å². The zero-order valence-corrected chi connectivity index (χ0v) is 17.3. The molecule has 5 nitrogen and oxygen atoms in total. The summed E-state index contributed by atoms with van der Waals surface area (Å²) in [6.45, 7) is 9.14. The third-order valence-electron chi connectivity index (χ3n) is 5.68. The molecule has 1 saturated carbocycles. The first-order chi connectivity index (χ1) is 13.4. The van der Waals surface area contributed by atoms with E-state index in [1.807, 2.05) is 18.7 Å². The Bertz CT molecular complexity index is 847. The molecule has 3 rings (SSSR count). The Balaban J connectivity index is 1.85. The van der Waals surface area contributed by atoms with Crippen molar-refractivity contribution in [3.8, 4) is 0 Å². The number of esters is 1. The highest BCUT2D eigenvalue weighted by molar-refractivity contribution is 5.90. The lowest BCUT2D eigenvalue weighted by molar-refractivity contribution is -0.139. The zero-order chi connectivity index (χ0) is 20.3. The number of nitrogens with zero attached hydrogens (tertiary/aromatic N) is 1. The normalized spacial score (nSPS) is 13.9. The Morgan fingerprint density at radius 1 is 1.11 bits per heavy atom. The minimum Gasteiger partial charge on any atom is -0.461 e.